The van der Waals surface area contributed by atoms with Crippen LogP contribution in [0, 0.1) is 5.92 Å². The molecule has 0 aliphatic heterocycles. The third kappa shape index (κ3) is 3.31. The number of hydrogen-bond acceptors (Lipinski definition) is 3. The molecule has 0 aliphatic rings. The van der Waals surface area contributed by atoms with E-state index in [1.807, 2.05) is 11.3 Å². The Morgan fingerprint density at radius 3 is 2.89 bits per heavy atom. The van der Waals surface area contributed by atoms with Crippen molar-refractivity contribution in [2.75, 3.05) is 27.3 Å². The van der Waals surface area contributed by atoms with Gasteiger partial charge in [-0.2, -0.15) is 0 Å². The van der Waals surface area contributed by atoms with Crippen molar-refractivity contribution in [3.8, 4) is 0 Å². The van der Waals surface area contributed by atoms with Gasteiger partial charge in [0.1, 0.15) is 0 Å². The molecule has 0 N–H and O–H groups in total. The first-order valence-corrected chi connectivity index (χ1v) is 7.21. The Labute approximate surface area is 113 Å². The van der Waals surface area contributed by atoms with E-state index in [0.29, 0.717) is 5.92 Å². The van der Waals surface area contributed by atoms with Gasteiger partial charge in [0.05, 0.1) is 0 Å². The van der Waals surface area contributed by atoms with E-state index < -0.39 is 0 Å². The Kier molecular flexibility index (Phi) is 4.75. The molecule has 0 saturated carbocycles. The average molecular weight is 263 g/mol. The number of thiophene rings is 1. The molecule has 0 aliphatic carbocycles. The molecular formula is C15H21NOS. The molecule has 0 spiro atoms. The molecule has 0 unspecified atom stereocenters. The monoisotopic (exact) mass is 263 g/mol. The zero-order valence-corrected chi connectivity index (χ0v) is 12.2. The number of benzene rings is 1. The summed E-state index contributed by atoms with van der Waals surface area (Å²) in [5, 5.41) is 3.68. The molecule has 1 aromatic carbocycles. The molecule has 2 nitrogen and oxygen atoms in total. The number of rotatable bonds is 6. The fourth-order valence-electron chi connectivity index (χ4n) is 2.38. The minimum atomic E-state index is 0.574. The fourth-order valence-corrected chi connectivity index (χ4v) is 3.33. The fraction of sp³-hybridized carbons (Fsp3) is 0.467. The Hall–Kier alpha value is -0.900. The van der Waals surface area contributed by atoms with Crippen LogP contribution in [0.1, 0.15) is 12.5 Å². The molecule has 0 fully saturated rings. The minimum absolute atomic E-state index is 0.574. The van der Waals surface area contributed by atoms with Crippen molar-refractivity contribution in [1.29, 1.82) is 0 Å². The highest BCUT2D eigenvalue weighted by Crippen LogP contribution is 2.26. The van der Waals surface area contributed by atoms with Crippen molar-refractivity contribution in [2.45, 2.75) is 13.5 Å². The first kappa shape index (κ1) is 13.5. The maximum absolute atomic E-state index is 5.19. The molecule has 1 atom stereocenters. The van der Waals surface area contributed by atoms with E-state index in [2.05, 4.69) is 48.5 Å². The first-order valence-electron chi connectivity index (χ1n) is 6.33. The highest BCUT2D eigenvalue weighted by molar-refractivity contribution is 7.17. The summed E-state index contributed by atoms with van der Waals surface area (Å²) in [5.74, 6) is 0.574. The minimum Gasteiger partial charge on any atom is -0.384 e. The molecule has 18 heavy (non-hydrogen) atoms. The second kappa shape index (κ2) is 6.32. The molecular weight excluding hydrogens is 242 g/mol. The molecule has 1 heterocycles. The van der Waals surface area contributed by atoms with E-state index in [4.69, 9.17) is 4.74 Å². The van der Waals surface area contributed by atoms with Crippen LogP contribution >= 0.6 is 11.3 Å². The van der Waals surface area contributed by atoms with Gasteiger partial charge in [0.2, 0.25) is 0 Å². The smallest absolute Gasteiger partial charge is 0.0500 e. The maximum atomic E-state index is 5.19. The van der Waals surface area contributed by atoms with Crippen molar-refractivity contribution in [3.05, 3.63) is 35.2 Å². The molecule has 2 rings (SSSR count). The van der Waals surface area contributed by atoms with Gasteiger partial charge in [0, 0.05) is 31.5 Å². The number of fused-ring (bicyclic) bond motifs is 1. The third-order valence-electron chi connectivity index (χ3n) is 3.08. The summed E-state index contributed by atoms with van der Waals surface area (Å²) in [6, 6.07) is 8.63. The summed E-state index contributed by atoms with van der Waals surface area (Å²) in [7, 11) is 3.95. The van der Waals surface area contributed by atoms with Crippen LogP contribution in [-0.2, 0) is 11.3 Å². The molecule has 0 amide bonds. The van der Waals surface area contributed by atoms with Crippen LogP contribution < -0.4 is 0 Å². The van der Waals surface area contributed by atoms with E-state index in [1.54, 1.807) is 7.11 Å². The zero-order chi connectivity index (χ0) is 13.0. The SMILES string of the molecule is COC[C@@H](C)CN(C)Cc1csc2ccccc12. The van der Waals surface area contributed by atoms with Crippen LogP contribution in [0.3, 0.4) is 0 Å². The summed E-state index contributed by atoms with van der Waals surface area (Å²) in [5.41, 5.74) is 1.43. The van der Waals surface area contributed by atoms with Gasteiger partial charge in [0.25, 0.3) is 0 Å². The number of hydrogen-bond donors (Lipinski definition) is 0. The Morgan fingerprint density at radius 2 is 2.11 bits per heavy atom. The van der Waals surface area contributed by atoms with Crippen LogP contribution in [0.2, 0.25) is 0 Å². The number of methoxy groups -OCH3 is 1. The van der Waals surface area contributed by atoms with Gasteiger partial charge < -0.3 is 9.64 Å². The third-order valence-corrected chi connectivity index (χ3v) is 4.09. The lowest BCUT2D eigenvalue weighted by atomic mass is 10.1. The van der Waals surface area contributed by atoms with Gasteiger partial charge in [-0.15, -0.1) is 11.3 Å². The molecule has 1 aromatic heterocycles. The van der Waals surface area contributed by atoms with Gasteiger partial charge in [-0.1, -0.05) is 25.1 Å². The molecule has 3 heteroatoms. The molecule has 2 aromatic rings. The van der Waals surface area contributed by atoms with Gasteiger partial charge in [-0.05, 0) is 35.4 Å². The summed E-state index contributed by atoms with van der Waals surface area (Å²) >= 11 is 1.83. The normalized spacial score (nSPS) is 13.3. The van der Waals surface area contributed by atoms with Crippen LogP contribution in [0.4, 0.5) is 0 Å². The van der Waals surface area contributed by atoms with E-state index in [1.165, 1.54) is 15.6 Å². The predicted molar refractivity (Wildman–Crippen MR) is 79.2 cm³/mol. The van der Waals surface area contributed by atoms with Crippen molar-refractivity contribution >= 4 is 21.4 Å². The maximum Gasteiger partial charge on any atom is 0.0500 e. The van der Waals surface area contributed by atoms with Crippen LogP contribution in [0.5, 0.6) is 0 Å². The largest absolute Gasteiger partial charge is 0.384 e. The topological polar surface area (TPSA) is 12.5 Å². The molecule has 0 saturated heterocycles. The summed E-state index contributed by atoms with van der Waals surface area (Å²) in [6.07, 6.45) is 0. The molecule has 0 bridgehead atoms. The van der Waals surface area contributed by atoms with E-state index >= 15 is 0 Å². The van der Waals surface area contributed by atoms with Crippen molar-refractivity contribution < 1.29 is 4.74 Å². The van der Waals surface area contributed by atoms with Gasteiger partial charge in [0.15, 0.2) is 0 Å². The first-order chi connectivity index (χ1) is 8.70. The predicted octanol–water partition coefficient (Wildman–Crippen LogP) is 3.62. The zero-order valence-electron chi connectivity index (χ0n) is 11.3. The quantitative estimate of drug-likeness (QED) is 0.789. The van der Waals surface area contributed by atoms with E-state index in [9.17, 15) is 0 Å². The van der Waals surface area contributed by atoms with Crippen molar-refractivity contribution in [2.24, 2.45) is 5.92 Å². The van der Waals surface area contributed by atoms with Crippen molar-refractivity contribution in [1.82, 2.24) is 4.90 Å². The van der Waals surface area contributed by atoms with Gasteiger partial charge in [-0.3, -0.25) is 0 Å². The summed E-state index contributed by atoms with van der Waals surface area (Å²) in [4.78, 5) is 2.37. The lowest BCUT2D eigenvalue weighted by molar-refractivity contribution is 0.136. The van der Waals surface area contributed by atoms with Crippen LogP contribution in [-0.4, -0.2) is 32.2 Å². The number of nitrogens with zero attached hydrogens (tertiary/aromatic N) is 1. The summed E-state index contributed by atoms with van der Waals surface area (Å²) in [6.45, 7) is 5.14. The van der Waals surface area contributed by atoms with Crippen LogP contribution in [0.25, 0.3) is 10.1 Å². The molecule has 0 radical (unpaired) electrons. The standard InChI is InChI=1S/C15H21NOS/c1-12(10-17-3)8-16(2)9-13-11-18-15-7-5-4-6-14(13)15/h4-7,11-12H,8-10H2,1-3H3/t12-/m0/s1. The van der Waals surface area contributed by atoms with E-state index in [0.717, 1.165) is 19.7 Å². The van der Waals surface area contributed by atoms with E-state index in [-0.39, 0.29) is 0 Å². The van der Waals surface area contributed by atoms with Crippen LogP contribution in [0.15, 0.2) is 29.6 Å². The Balaban J connectivity index is 2.00. The lowest BCUT2D eigenvalue weighted by Gasteiger charge is -2.20. The van der Waals surface area contributed by atoms with Gasteiger partial charge in [-0.25, -0.2) is 0 Å². The molecule has 98 valence electrons. The average Bonchev–Trinajstić information content (AvgIpc) is 2.73. The highest BCUT2D eigenvalue weighted by atomic mass is 32.1. The Bertz CT molecular complexity index is 494. The second-order valence-corrected chi connectivity index (χ2v) is 5.93. The Morgan fingerprint density at radius 1 is 1.33 bits per heavy atom. The number of ether oxygens (including phenoxy) is 1. The van der Waals surface area contributed by atoms with Gasteiger partial charge >= 0.3 is 0 Å². The second-order valence-electron chi connectivity index (χ2n) is 5.01. The summed E-state index contributed by atoms with van der Waals surface area (Å²) < 4.78 is 6.57. The lowest BCUT2D eigenvalue weighted by Crippen LogP contribution is -2.26. The highest BCUT2D eigenvalue weighted by Gasteiger charge is 2.09. The van der Waals surface area contributed by atoms with Crippen molar-refractivity contribution in [3.63, 3.8) is 0 Å².